The maximum absolute atomic E-state index is 12.8. The fourth-order valence-electron chi connectivity index (χ4n) is 2.92. The molecule has 0 aliphatic carbocycles. The predicted molar refractivity (Wildman–Crippen MR) is 111 cm³/mol. The molecule has 0 fully saturated rings. The van der Waals surface area contributed by atoms with Gasteiger partial charge in [-0.25, -0.2) is 0 Å². The number of ether oxygens (including phenoxy) is 3. The smallest absolute Gasteiger partial charge is 0.308 e. The molecular formula is C22H23N3O6. The second-order valence-electron chi connectivity index (χ2n) is 6.52. The Morgan fingerprint density at radius 2 is 1.74 bits per heavy atom. The highest BCUT2D eigenvalue weighted by molar-refractivity contribution is 5.94. The summed E-state index contributed by atoms with van der Waals surface area (Å²) in [4.78, 5) is 29.8. The Bertz CT molecular complexity index is 1060. The van der Waals surface area contributed by atoms with Gasteiger partial charge in [-0.15, -0.1) is 0 Å². The highest BCUT2D eigenvalue weighted by atomic mass is 16.5. The Labute approximate surface area is 179 Å². The second kappa shape index (κ2) is 9.75. The summed E-state index contributed by atoms with van der Waals surface area (Å²) >= 11 is 0. The lowest BCUT2D eigenvalue weighted by Gasteiger charge is -2.18. The number of rotatable bonds is 8. The first-order chi connectivity index (χ1) is 14.9. The lowest BCUT2D eigenvalue weighted by atomic mass is 10.2. The van der Waals surface area contributed by atoms with Gasteiger partial charge in [-0.3, -0.25) is 9.59 Å². The summed E-state index contributed by atoms with van der Waals surface area (Å²) in [6.07, 6.45) is 0. The zero-order valence-electron chi connectivity index (χ0n) is 17.7. The number of hydrogen-bond acceptors (Lipinski definition) is 8. The fourth-order valence-corrected chi connectivity index (χ4v) is 2.92. The van der Waals surface area contributed by atoms with Crippen molar-refractivity contribution in [1.82, 2.24) is 15.0 Å². The summed E-state index contributed by atoms with van der Waals surface area (Å²) in [6, 6.07) is 11.7. The molecule has 0 N–H and O–H groups in total. The van der Waals surface area contributed by atoms with Gasteiger partial charge < -0.3 is 23.6 Å². The van der Waals surface area contributed by atoms with Crippen LogP contribution < -0.4 is 14.2 Å². The Kier molecular flexibility index (Phi) is 6.86. The number of carbonyl (C=O) groups is 2. The average molecular weight is 425 g/mol. The van der Waals surface area contributed by atoms with E-state index in [0.717, 1.165) is 0 Å². The van der Waals surface area contributed by atoms with Crippen LogP contribution in [0.2, 0.25) is 0 Å². The van der Waals surface area contributed by atoms with Crippen molar-refractivity contribution in [3.63, 3.8) is 0 Å². The monoisotopic (exact) mass is 425 g/mol. The number of esters is 1. The highest BCUT2D eigenvalue weighted by Gasteiger charge is 2.19. The third-order valence-corrected chi connectivity index (χ3v) is 4.47. The van der Waals surface area contributed by atoms with Crippen molar-refractivity contribution in [3.8, 4) is 28.6 Å². The minimum absolute atomic E-state index is 0.154. The number of methoxy groups -OCH3 is 2. The largest absolute Gasteiger partial charge is 0.493 e. The van der Waals surface area contributed by atoms with E-state index >= 15 is 0 Å². The van der Waals surface area contributed by atoms with Gasteiger partial charge >= 0.3 is 5.97 Å². The second-order valence-corrected chi connectivity index (χ2v) is 6.52. The van der Waals surface area contributed by atoms with Gasteiger partial charge in [-0.2, -0.15) is 4.98 Å². The molecule has 0 spiro atoms. The maximum Gasteiger partial charge on any atom is 0.308 e. The van der Waals surface area contributed by atoms with Crippen molar-refractivity contribution >= 4 is 11.9 Å². The summed E-state index contributed by atoms with van der Waals surface area (Å²) in [5, 5.41) is 4.01. The Morgan fingerprint density at radius 1 is 1.03 bits per heavy atom. The third-order valence-electron chi connectivity index (χ3n) is 4.47. The lowest BCUT2D eigenvalue weighted by Crippen LogP contribution is -2.30. The molecule has 0 bridgehead atoms. The van der Waals surface area contributed by atoms with E-state index in [0.29, 0.717) is 46.6 Å². The van der Waals surface area contributed by atoms with E-state index < -0.39 is 5.97 Å². The molecule has 0 radical (unpaired) electrons. The molecule has 1 aromatic heterocycles. The van der Waals surface area contributed by atoms with Crippen LogP contribution in [0.25, 0.3) is 11.4 Å². The number of nitrogens with zero attached hydrogens (tertiary/aromatic N) is 3. The van der Waals surface area contributed by atoms with Crippen LogP contribution in [0.4, 0.5) is 0 Å². The van der Waals surface area contributed by atoms with E-state index in [4.69, 9.17) is 18.7 Å². The molecule has 0 aliphatic rings. The molecule has 1 heterocycles. The lowest BCUT2D eigenvalue weighted by molar-refractivity contribution is -0.131. The van der Waals surface area contributed by atoms with Crippen molar-refractivity contribution in [3.05, 3.63) is 53.9 Å². The van der Waals surface area contributed by atoms with Gasteiger partial charge in [-0.05, 0) is 49.4 Å². The van der Waals surface area contributed by atoms with E-state index in [1.807, 2.05) is 6.92 Å². The quantitative estimate of drug-likeness (QED) is 0.400. The molecule has 9 heteroatoms. The van der Waals surface area contributed by atoms with Crippen LogP contribution in [0, 0.1) is 0 Å². The molecule has 162 valence electrons. The molecule has 0 atom stereocenters. The molecule has 2 aromatic carbocycles. The zero-order chi connectivity index (χ0) is 22.4. The van der Waals surface area contributed by atoms with Crippen molar-refractivity contribution in [2.75, 3.05) is 20.8 Å². The molecule has 1 amide bonds. The molecule has 0 aliphatic heterocycles. The number of benzene rings is 2. The van der Waals surface area contributed by atoms with Gasteiger partial charge in [0.1, 0.15) is 12.3 Å². The van der Waals surface area contributed by atoms with Gasteiger partial charge in [-0.1, -0.05) is 5.16 Å². The summed E-state index contributed by atoms with van der Waals surface area (Å²) in [6.45, 7) is 3.77. The summed E-state index contributed by atoms with van der Waals surface area (Å²) in [5.41, 5.74) is 1.15. The standard InChI is InChI=1S/C22H23N3O6/c1-5-25(22(27)15-6-9-17(10-7-15)30-14(2)26)13-20-23-21(24-31-20)16-8-11-18(28-3)19(12-16)29-4/h6-12H,5,13H2,1-4H3. The van der Waals surface area contributed by atoms with Gasteiger partial charge in [0.25, 0.3) is 5.91 Å². The number of carbonyl (C=O) groups excluding carboxylic acids is 2. The van der Waals surface area contributed by atoms with Crippen molar-refractivity contribution in [2.24, 2.45) is 0 Å². The van der Waals surface area contributed by atoms with E-state index in [-0.39, 0.29) is 12.5 Å². The predicted octanol–water partition coefficient (Wildman–Crippen LogP) is 3.34. The maximum atomic E-state index is 12.8. The summed E-state index contributed by atoms with van der Waals surface area (Å²) in [5.74, 6) is 1.58. The van der Waals surface area contributed by atoms with Crippen LogP contribution in [-0.2, 0) is 11.3 Å². The van der Waals surface area contributed by atoms with E-state index in [9.17, 15) is 9.59 Å². The van der Waals surface area contributed by atoms with Crippen LogP contribution in [-0.4, -0.2) is 47.7 Å². The molecule has 3 rings (SSSR count). The number of aromatic nitrogens is 2. The first kappa shape index (κ1) is 21.8. The Morgan fingerprint density at radius 3 is 2.35 bits per heavy atom. The average Bonchev–Trinajstić information content (AvgIpc) is 3.25. The summed E-state index contributed by atoms with van der Waals surface area (Å²) < 4.78 is 20.9. The fraction of sp³-hybridized carbons (Fsp3) is 0.273. The van der Waals surface area contributed by atoms with Crippen molar-refractivity contribution in [1.29, 1.82) is 0 Å². The summed E-state index contributed by atoms with van der Waals surface area (Å²) in [7, 11) is 3.11. The van der Waals surface area contributed by atoms with Crippen LogP contribution in [0.1, 0.15) is 30.1 Å². The topological polar surface area (TPSA) is 104 Å². The zero-order valence-corrected chi connectivity index (χ0v) is 17.7. The third kappa shape index (κ3) is 5.19. The molecule has 0 unspecified atom stereocenters. The van der Waals surface area contributed by atoms with Crippen molar-refractivity contribution < 1.29 is 28.3 Å². The first-order valence-corrected chi connectivity index (χ1v) is 9.57. The van der Waals surface area contributed by atoms with E-state index in [2.05, 4.69) is 10.1 Å². The first-order valence-electron chi connectivity index (χ1n) is 9.57. The van der Waals surface area contributed by atoms with Gasteiger partial charge in [0, 0.05) is 24.6 Å². The number of hydrogen-bond donors (Lipinski definition) is 0. The van der Waals surface area contributed by atoms with Gasteiger partial charge in [0.05, 0.1) is 14.2 Å². The van der Waals surface area contributed by atoms with Crippen LogP contribution in [0.5, 0.6) is 17.2 Å². The van der Waals surface area contributed by atoms with Gasteiger partial charge in [0.15, 0.2) is 11.5 Å². The molecule has 0 saturated carbocycles. The van der Waals surface area contributed by atoms with Crippen LogP contribution >= 0.6 is 0 Å². The minimum Gasteiger partial charge on any atom is -0.493 e. The van der Waals surface area contributed by atoms with Crippen LogP contribution in [0.15, 0.2) is 47.0 Å². The SMILES string of the molecule is CCN(Cc1nc(-c2ccc(OC)c(OC)c2)no1)C(=O)c1ccc(OC(C)=O)cc1. The Hall–Kier alpha value is -3.88. The van der Waals surface area contributed by atoms with Crippen molar-refractivity contribution in [2.45, 2.75) is 20.4 Å². The van der Waals surface area contributed by atoms with E-state index in [1.54, 1.807) is 61.6 Å². The molecule has 31 heavy (non-hydrogen) atoms. The van der Waals surface area contributed by atoms with Gasteiger partial charge in [0.2, 0.25) is 11.7 Å². The highest BCUT2D eigenvalue weighted by Crippen LogP contribution is 2.31. The minimum atomic E-state index is -0.420. The molecule has 0 saturated heterocycles. The Balaban J connectivity index is 1.73. The van der Waals surface area contributed by atoms with Crippen LogP contribution in [0.3, 0.4) is 0 Å². The molecule has 3 aromatic rings. The molecule has 9 nitrogen and oxygen atoms in total. The molecular weight excluding hydrogens is 402 g/mol. The normalized spacial score (nSPS) is 10.5. The van der Waals surface area contributed by atoms with E-state index in [1.165, 1.54) is 6.92 Å². The number of amides is 1.